The maximum absolute atomic E-state index is 13.2. The lowest BCUT2D eigenvalue weighted by Crippen LogP contribution is -2.27. The van der Waals surface area contributed by atoms with Crippen LogP contribution in [0.15, 0.2) is 30.3 Å². The highest BCUT2D eigenvalue weighted by molar-refractivity contribution is 7.14. The van der Waals surface area contributed by atoms with Crippen LogP contribution in [0.4, 0.5) is 8.78 Å². The molecular formula is C17H17F2NO2S. The van der Waals surface area contributed by atoms with Gasteiger partial charge >= 0.3 is 0 Å². The van der Waals surface area contributed by atoms with E-state index in [0.29, 0.717) is 10.4 Å². The predicted molar refractivity (Wildman–Crippen MR) is 85.5 cm³/mol. The molecular weight excluding hydrogens is 320 g/mol. The van der Waals surface area contributed by atoms with E-state index in [4.69, 9.17) is 0 Å². The third-order valence-electron chi connectivity index (χ3n) is 3.42. The van der Waals surface area contributed by atoms with Crippen LogP contribution in [0.1, 0.15) is 45.9 Å². The van der Waals surface area contributed by atoms with E-state index in [2.05, 4.69) is 5.32 Å². The maximum atomic E-state index is 13.2. The first kappa shape index (κ1) is 17.3. The fourth-order valence-corrected chi connectivity index (χ4v) is 2.95. The van der Waals surface area contributed by atoms with Crippen LogP contribution in [-0.4, -0.2) is 11.7 Å². The molecule has 1 N–H and O–H groups in total. The summed E-state index contributed by atoms with van der Waals surface area (Å²) in [6.07, 6.45) is 0.181. The van der Waals surface area contributed by atoms with Gasteiger partial charge in [-0.3, -0.25) is 9.59 Å². The number of ketones is 1. The lowest BCUT2D eigenvalue weighted by molar-refractivity contribution is -0.121. The Balaban J connectivity index is 1.86. The molecule has 1 unspecified atom stereocenters. The van der Waals surface area contributed by atoms with Gasteiger partial charge in [0.25, 0.3) is 0 Å². The van der Waals surface area contributed by atoms with E-state index in [1.54, 1.807) is 13.0 Å². The molecule has 6 heteroatoms. The molecule has 2 aromatic rings. The quantitative estimate of drug-likeness (QED) is 0.804. The van der Waals surface area contributed by atoms with Gasteiger partial charge in [0.1, 0.15) is 0 Å². The van der Waals surface area contributed by atoms with Crippen molar-refractivity contribution in [1.29, 1.82) is 0 Å². The van der Waals surface area contributed by atoms with Gasteiger partial charge in [-0.15, -0.1) is 11.3 Å². The van der Waals surface area contributed by atoms with Crippen LogP contribution in [0.5, 0.6) is 0 Å². The van der Waals surface area contributed by atoms with Gasteiger partial charge in [-0.05, 0) is 43.7 Å². The van der Waals surface area contributed by atoms with Crippen LogP contribution in [0.25, 0.3) is 0 Å². The summed E-state index contributed by atoms with van der Waals surface area (Å²) in [5, 5.41) is 2.68. The molecule has 0 aliphatic carbocycles. The van der Waals surface area contributed by atoms with Crippen LogP contribution < -0.4 is 5.32 Å². The zero-order valence-electron chi connectivity index (χ0n) is 12.9. The van der Waals surface area contributed by atoms with Crippen LogP contribution in [0.3, 0.4) is 0 Å². The van der Waals surface area contributed by atoms with E-state index < -0.39 is 17.7 Å². The molecule has 0 spiro atoms. The molecule has 2 rings (SSSR count). The Morgan fingerprint density at radius 1 is 1.13 bits per heavy atom. The van der Waals surface area contributed by atoms with Crippen molar-refractivity contribution in [3.63, 3.8) is 0 Å². The number of hydrogen-bond acceptors (Lipinski definition) is 3. The Labute approximate surface area is 137 Å². The van der Waals surface area contributed by atoms with Crippen molar-refractivity contribution in [3.8, 4) is 0 Å². The molecule has 23 heavy (non-hydrogen) atoms. The van der Waals surface area contributed by atoms with Crippen molar-refractivity contribution in [2.75, 3.05) is 0 Å². The minimum Gasteiger partial charge on any atom is -0.350 e. The molecule has 0 aliphatic rings. The molecule has 1 aromatic carbocycles. The first-order valence-electron chi connectivity index (χ1n) is 7.20. The second-order valence-electron chi connectivity index (χ2n) is 5.30. The summed E-state index contributed by atoms with van der Waals surface area (Å²) in [5.41, 5.74) is 0.470. The van der Waals surface area contributed by atoms with Crippen molar-refractivity contribution in [1.82, 2.24) is 5.32 Å². The monoisotopic (exact) mass is 337 g/mol. The fourth-order valence-electron chi connectivity index (χ4n) is 2.11. The van der Waals surface area contributed by atoms with E-state index in [1.807, 2.05) is 13.0 Å². The third kappa shape index (κ3) is 4.69. The Morgan fingerprint density at radius 3 is 2.48 bits per heavy atom. The SMILES string of the molecule is Cc1ccc(C(=O)CCC(=O)NC(C)c2ccc(F)c(F)c2)s1. The van der Waals surface area contributed by atoms with Crippen molar-refractivity contribution >= 4 is 23.0 Å². The highest BCUT2D eigenvalue weighted by atomic mass is 32.1. The molecule has 1 heterocycles. The number of thiophene rings is 1. The molecule has 0 saturated carbocycles. The maximum Gasteiger partial charge on any atom is 0.220 e. The molecule has 3 nitrogen and oxygen atoms in total. The number of carbonyl (C=O) groups is 2. The van der Waals surface area contributed by atoms with Gasteiger partial charge in [0.2, 0.25) is 5.91 Å². The molecule has 1 atom stereocenters. The number of carbonyl (C=O) groups excluding carboxylic acids is 2. The van der Waals surface area contributed by atoms with Gasteiger partial charge in [-0.25, -0.2) is 8.78 Å². The Hall–Kier alpha value is -2.08. The average molecular weight is 337 g/mol. The molecule has 0 radical (unpaired) electrons. The molecule has 122 valence electrons. The van der Waals surface area contributed by atoms with Gasteiger partial charge in [0.15, 0.2) is 17.4 Å². The zero-order chi connectivity index (χ0) is 17.0. The zero-order valence-corrected chi connectivity index (χ0v) is 13.7. The summed E-state index contributed by atoms with van der Waals surface area (Å²) < 4.78 is 26.1. The standard InChI is InChI=1S/C17H17F2NO2S/c1-10-3-7-16(23-10)15(21)6-8-17(22)20-11(2)12-4-5-13(18)14(19)9-12/h3-5,7,9,11H,6,8H2,1-2H3,(H,20,22). The summed E-state index contributed by atoms with van der Waals surface area (Å²) in [7, 11) is 0. The average Bonchev–Trinajstić information content (AvgIpc) is 2.94. The van der Waals surface area contributed by atoms with Gasteiger partial charge in [-0.1, -0.05) is 6.07 Å². The summed E-state index contributed by atoms with van der Waals surface area (Å²) in [4.78, 5) is 25.5. The first-order valence-corrected chi connectivity index (χ1v) is 8.02. The topological polar surface area (TPSA) is 46.2 Å². The molecule has 0 fully saturated rings. The van der Waals surface area contributed by atoms with E-state index in [1.165, 1.54) is 17.4 Å². The number of Topliss-reactive ketones (excluding diaryl/α,β-unsaturated/α-hetero) is 1. The highest BCUT2D eigenvalue weighted by Gasteiger charge is 2.14. The third-order valence-corrected chi connectivity index (χ3v) is 4.46. The highest BCUT2D eigenvalue weighted by Crippen LogP contribution is 2.18. The van der Waals surface area contributed by atoms with Crippen LogP contribution in [-0.2, 0) is 4.79 Å². The van der Waals surface area contributed by atoms with E-state index in [-0.39, 0.29) is 24.5 Å². The van der Waals surface area contributed by atoms with Crippen molar-refractivity contribution < 1.29 is 18.4 Å². The van der Waals surface area contributed by atoms with Crippen LogP contribution in [0, 0.1) is 18.6 Å². The number of hydrogen-bond donors (Lipinski definition) is 1. The van der Waals surface area contributed by atoms with Gasteiger partial charge in [0.05, 0.1) is 10.9 Å². The molecule has 0 aliphatic heterocycles. The predicted octanol–water partition coefficient (Wildman–Crippen LogP) is 4.18. The number of rotatable bonds is 6. The van der Waals surface area contributed by atoms with Crippen molar-refractivity contribution in [3.05, 3.63) is 57.3 Å². The number of halogens is 2. The lowest BCUT2D eigenvalue weighted by Gasteiger charge is -2.14. The largest absolute Gasteiger partial charge is 0.350 e. The Bertz CT molecular complexity index is 727. The Kier molecular flexibility index (Phi) is 5.60. The van der Waals surface area contributed by atoms with Crippen molar-refractivity contribution in [2.24, 2.45) is 0 Å². The second kappa shape index (κ2) is 7.46. The molecule has 0 bridgehead atoms. The smallest absolute Gasteiger partial charge is 0.220 e. The molecule has 0 saturated heterocycles. The summed E-state index contributed by atoms with van der Waals surface area (Å²) in [5.74, 6) is -2.25. The van der Waals surface area contributed by atoms with Gasteiger partial charge in [0, 0.05) is 17.7 Å². The minimum atomic E-state index is -0.952. The fraction of sp³-hybridized carbons (Fsp3) is 0.294. The normalized spacial score (nSPS) is 12.0. The Morgan fingerprint density at radius 2 is 1.87 bits per heavy atom. The number of amides is 1. The summed E-state index contributed by atoms with van der Waals surface area (Å²) in [6.45, 7) is 3.59. The van der Waals surface area contributed by atoms with Crippen molar-refractivity contribution in [2.45, 2.75) is 32.7 Å². The lowest BCUT2D eigenvalue weighted by atomic mass is 10.1. The number of benzene rings is 1. The van der Waals surface area contributed by atoms with Gasteiger partial charge in [-0.2, -0.15) is 0 Å². The van der Waals surface area contributed by atoms with Crippen LogP contribution in [0.2, 0.25) is 0 Å². The molecule has 1 amide bonds. The van der Waals surface area contributed by atoms with Gasteiger partial charge < -0.3 is 5.32 Å². The van der Waals surface area contributed by atoms with Crippen LogP contribution >= 0.6 is 11.3 Å². The summed E-state index contributed by atoms with van der Waals surface area (Å²) >= 11 is 1.40. The second-order valence-corrected chi connectivity index (χ2v) is 6.58. The first-order chi connectivity index (χ1) is 10.9. The molecule has 1 aromatic heterocycles. The van der Waals surface area contributed by atoms with E-state index >= 15 is 0 Å². The minimum absolute atomic E-state index is 0.0593. The van der Waals surface area contributed by atoms with E-state index in [0.717, 1.165) is 17.0 Å². The number of nitrogens with one attached hydrogen (secondary N) is 1. The van der Waals surface area contributed by atoms with E-state index in [9.17, 15) is 18.4 Å². The number of aryl methyl sites for hydroxylation is 1. The summed E-state index contributed by atoms with van der Waals surface area (Å²) in [6, 6.07) is 6.66.